The number of hydrogen-bond donors (Lipinski definition) is 1. The second-order valence-electron chi connectivity index (χ2n) is 4.38. The van der Waals surface area contributed by atoms with Gasteiger partial charge in [-0.25, -0.2) is 4.68 Å². The van der Waals surface area contributed by atoms with Gasteiger partial charge in [-0.1, -0.05) is 0 Å². The molecule has 1 unspecified atom stereocenters. The quantitative estimate of drug-likeness (QED) is 0.849. The van der Waals surface area contributed by atoms with Gasteiger partial charge in [0.05, 0.1) is 26.8 Å². The first kappa shape index (κ1) is 14.3. The Morgan fingerprint density at radius 3 is 2.75 bits per heavy atom. The molecule has 0 fully saturated rings. The van der Waals surface area contributed by atoms with Crippen LogP contribution in [-0.4, -0.2) is 41.5 Å². The van der Waals surface area contributed by atoms with E-state index >= 15 is 0 Å². The Hall–Kier alpha value is -2.15. The minimum atomic E-state index is 0.0780. The van der Waals surface area contributed by atoms with Crippen LogP contribution in [0.4, 0.5) is 0 Å². The van der Waals surface area contributed by atoms with E-state index < -0.39 is 0 Å². The molecule has 7 heteroatoms. The molecular formula is C13H19N5O2. The van der Waals surface area contributed by atoms with Gasteiger partial charge >= 0.3 is 0 Å². The van der Waals surface area contributed by atoms with Crippen LogP contribution in [0.5, 0.6) is 11.5 Å². The summed E-state index contributed by atoms with van der Waals surface area (Å²) in [6.07, 6.45) is 0. The molecule has 0 aliphatic carbocycles. The fraction of sp³-hybridized carbons (Fsp3) is 0.462. The molecule has 0 aliphatic rings. The highest BCUT2D eigenvalue weighted by atomic mass is 16.5. The fourth-order valence-corrected chi connectivity index (χ4v) is 1.91. The van der Waals surface area contributed by atoms with E-state index in [1.54, 1.807) is 18.9 Å². The van der Waals surface area contributed by atoms with Crippen LogP contribution >= 0.6 is 0 Å². The van der Waals surface area contributed by atoms with Crippen molar-refractivity contribution in [1.29, 1.82) is 0 Å². The molecule has 1 heterocycles. The predicted octanol–water partition coefficient (Wildman–Crippen LogP) is 1.02. The number of rotatable bonds is 6. The summed E-state index contributed by atoms with van der Waals surface area (Å²) in [5.74, 6) is 2.29. The Morgan fingerprint density at radius 1 is 1.30 bits per heavy atom. The Morgan fingerprint density at radius 2 is 2.10 bits per heavy atom. The summed E-state index contributed by atoms with van der Waals surface area (Å²) in [5, 5.41) is 14.9. The molecule has 7 nitrogen and oxygen atoms in total. The molecule has 108 valence electrons. The number of hydrogen-bond acceptors (Lipinski definition) is 6. The minimum Gasteiger partial charge on any atom is -0.497 e. The molecule has 0 saturated heterocycles. The van der Waals surface area contributed by atoms with Gasteiger partial charge in [-0.3, -0.25) is 0 Å². The van der Waals surface area contributed by atoms with Crippen molar-refractivity contribution in [2.75, 3.05) is 21.3 Å². The summed E-state index contributed by atoms with van der Waals surface area (Å²) in [5.41, 5.74) is 0.991. The van der Waals surface area contributed by atoms with E-state index in [-0.39, 0.29) is 6.04 Å². The largest absolute Gasteiger partial charge is 0.497 e. The van der Waals surface area contributed by atoms with Crippen molar-refractivity contribution < 1.29 is 9.47 Å². The molecule has 2 aromatic rings. The first-order valence-electron chi connectivity index (χ1n) is 6.33. The minimum absolute atomic E-state index is 0.0780. The van der Waals surface area contributed by atoms with Gasteiger partial charge in [0, 0.05) is 11.6 Å². The number of aromatic nitrogens is 4. The lowest BCUT2D eigenvalue weighted by Crippen LogP contribution is -2.19. The van der Waals surface area contributed by atoms with Crippen molar-refractivity contribution >= 4 is 0 Å². The average molecular weight is 277 g/mol. The SMILES string of the molecule is CNC(C)c1nnnn1Cc1ccc(OC)cc1OC. The van der Waals surface area contributed by atoms with Crippen LogP contribution in [0.15, 0.2) is 18.2 Å². The predicted molar refractivity (Wildman–Crippen MR) is 73.9 cm³/mol. The van der Waals surface area contributed by atoms with Crippen LogP contribution in [0.25, 0.3) is 0 Å². The normalized spacial score (nSPS) is 12.2. The van der Waals surface area contributed by atoms with E-state index in [2.05, 4.69) is 20.8 Å². The molecule has 1 N–H and O–H groups in total. The zero-order chi connectivity index (χ0) is 14.5. The van der Waals surface area contributed by atoms with E-state index in [9.17, 15) is 0 Å². The van der Waals surface area contributed by atoms with Crippen molar-refractivity contribution in [2.24, 2.45) is 0 Å². The molecule has 0 spiro atoms. The monoisotopic (exact) mass is 277 g/mol. The van der Waals surface area contributed by atoms with Gasteiger partial charge in [0.15, 0.2) is 5.82 Å². The Labute approximate surface area is 117 Å². The Balaban J connectivity index is 2.28. The molecule has 0 amide bonds. The van der Waals surface area contributed by atoms with Gasteiger partial charge in [0.1, 0.15) is 11.5 Å². The zero-order valence-corrected chi connectivity index (χ0v) is 12.1. The lowest BCUT2D eigenvalue weighted by molar-refractivity contribution is 0.388. The van der Waals surface area contributed by atoms with Crippen molar-refractivity contribution in [3.8, 4) is 11.5 Å². The second kappa shape index (κ2) is 6.33. The van der Waals surface area contributed by atoms with E-state index in [0.29, 0.717) is 6.54 Å². The third kappa shape index (κ3) is 2.88. The van der Waals surface area contributed by atoms with Crippen LogP contribution in [0.2, 0.25) is 0 Å². The average Bonchev–Trinajstić information content (AvgIpc) is 2.95. The van der Waals surface area contributed by atoms with Crippen LogP contribution in [-0.2, 0) is 6.54 Å². The summed E-state index contributed by atoms with van der Waals surface area (Å²) in [7, 11) is 5.13. The van der Waals surface area contributed by atoms with Crippen molar-refractivity contribution in [1.82, 2.24) is 25.5 Å². The molecular weight excluding hydrogens is 258 g/mol. The maximum absolute atomic E-state index is 5.39. The molecule has 1 atom stereocenters. The van der Waals surface area contributed by atoms with Gasteiger partial charge in [-0.05, 0) is 36.5 Å². The fourth-order valence-electron chi connectivity index (χ4n) is 1.91. The Bertz CT molecular complexity index is 570. The topological polar surface area (TPSA) is 74.1 Å². The van der Waals surface area contributed by atoms with Crippen molar-refractivity contribution in [3.63, 3.8) is 0 Å². The standard InChI is InChI=1S/C13H19N5O2/c1-9(14-2)13-15-16-17-18(13)8-10-5-6-11(19-3)7-12(10)20-4/h5-7,9,14H,8H2,1-4H3. The maximum Gasteiger partial charge on any atom is 0.168 e. The zero-order valence-electron chi connectivity index (χ0n) is 12.1. The molecule has 1 aromatic heterocycles. The lowest BCUT2D eigenvalue weighted by Gasteiger charge is -2.13. The third-order valence-corrected chi connectivity index (χ3v) is 3.19. The molecule has 0 saturated carbocycles. The van der Waals surface area contributed by atoms with E-state index in [1.165, 1.54) is 0 Å². The number of methoxy groups -OCH3 is 2. The maximum atomic E-state index is 5.39. The highest BCUT2D eigenvalue weighted by molar-refractivity contribution is 5.40. The Kier molecular flexibility index (Phi) is 4.52. The van der Waals surface area contributed by atoms with Crippen molar-refractivity contribution in [3.05, 3.63) is 29.6 Å². The van der Waals surface area contributed by atoms with Crippen LogP contribution < -0.4 is 14.8 Å². The van der Waals surface area contributed by atoms with Gasteiger partial charge in [-0.15, -0.1) is 5.10 Å². The number of ether oxygens (including phenoxy) is 2. The van der Waals surface area contributed by atoms with Gasteiger partial charge in [0.2, 0.25) is 0 Å². The molecule has 0 bridgehead atoms. The second-order valence-corrected chi connectivity index (χ2v) is 4.38. The molecule has 2 rings (SSSR count). The number of nitrogens with zero attached hydrogens (tertiary/aromatic N) is 4. The third-order valence-electron chi connectivity index (χ3n) is 3.19. The smallest absolute Gasteiger partial charge is 0.168 e. The molecule has 0 aliphatic heterocycles. The van der Waals surface area contributed by atoms with Gasteiger partial charge < -0.3 is 14.8 Å². The molecule has 1 aromatic carbocycles. The summed E-state index contributed by atoms with van der Waals surface area (Å²) in [6, 6.07) is 5.77. The number of nitrogens with one attached hydrogen (secondary N) is 1. The highest BCUT2D eigenvalue weighted by Crippen LogP contribution is 2.25. The van der Waals surface area contributed by atoms with Crippen molar-refractivity contribution in [2.45, 2.75) is 19.5 Å². The van der Waals surface area contributed by atoms with Gasteiger partial charge in [0.25, 0.3) is 0 Å². The summed E-state index contributed by atoms with van der Waals surface area (Å²) in [6.45, 7) is 2.55. The number of benzene rings is 1. The van der Waals surface area contributed by atoms with E-state index in [0.717, 1.165) is 22.9 Å². The molecule has 20 heavy (non-hydrogen) atoms. The summed E-state index contributed by atoms with van der Waals surface area (Å²) in [4.78, 5) is 0. The van der Waals surface area contributed by atoms with E-state index in [1.807, 2.05) is 32.2 Å². The summed E-state index contributed by atoms with van der Waals surface area (Å²) < 4.78 is 12.3. The van der Waals surface area contributed by atoms with Crippen LogP contribution in [0.1, 0.15) is 24.4 Å². The van der Waals surface area contributed by atoms with Gasteiger partial charge in [-0.2, -0.15) is 0 Å². The van der Waals surface area contributed by atoms with E-state index in [4.69, 9.17) is 9.47 Å². The van der Waals surface area contributed by atoms with Crippen LogP contribution in [0, 0.1) is 0 Å². The number of tetrazole rings is 1. The lowest BCUT2D eigenvalue weighted by atomic mass is 10.2. The van der Waals surface area contributed by atoms with Crippen LogP contribution in [0.3, 0.4) is 0 Å². The molecule has 0 radical (unpaired) electrons. The first-order valence-corrected chi connectivity index (χ1v) is 6.33. The summed E-state index contributed by atoms with van der Waals surface area (Å²) >= 11 is 0. The highest BCUT2D eigenvalue weighted by Gasteiger charge is 2.14. The first-order chi connectivity index (χ1) is 9.69.